The van der Waals surface area contributed by atoms with E-state index in [-0.39, 0.29) is 23.7 Å². The van der Waals surface area contributed by atoms with Gasteiger partial charge in [0.2, 0.25) is 5.91 Å². The van der Waals surface area contributed by atoms with E-state index >= 15 is 0 Å². The number of aliphatic carboxylic acids is 1. The third-order valence-electron chi connectivity index (χ3n) is 6.64. The highest BCUT2D eigenvalue weighted by atomic mass is 16.4. The Balaban J connectivity index is 1.29. The third-order valence-corrected chi connectivity index (χ3v) is 6.64. The van der Waals surface area contributed by atoms with E-state index in [2.05, 4.69) is 29.2 Å². The number of carbonyl (C=O) groups is 2. The molecule has 2 saturated carbocycles. The first-order valence-corrected chi connectivity index (χ1v) is 10.1. The number of nitrogens with zero attached hydrogens (tertiary/aromatic N) is 2. The first kappa shape index (κ1) is 18.2. The van der Waals surface area contributed by atoms with E-state index in [1.165, 1.54) is 5.56 Å². The largest absolute Gasteiger partial charge is 0.481 e. The van der Waals surface area contributed by atoms with E-state index in [1.54, 1.807) is 0 Å². The molecule has 0 spiro atoms. The lowest BCUT2D eigenvalue weighted by atomic mass is 9.78. The Labute approximate surface area is 160 Å². The predicted octanol–water partition coefficient (Wildman–Crippen LogP) is 2.59. The van der Waals surface area contributed by atoms with E-state index < -0.39 is 11.9 Å². The summed E-state index contributed by atoms with van der Waals surface area (Å²) in [6, 6.07) is 10.2. The lowest BCUT2D eigenvalue weighted by Gasteiger charge is -2.38. The molecule has 1 aromatic rings. The first-order chi connectivity index (χ1) is 13.1. The molecule has 1 saturated heterocycles. The van der Waals surface area contributed by atoms with Crippen molar-refractivity contribution in [2.45, 2.75) is 19.3 Å². The van der Waals surface area contributed by atoms with Crippen LogP contribution in [0.4, 0.5) is 0 Å². The van der Waals surface area contributed by atoms with Crippen LogP contribution in [0.1, 0.15) is 24.8 Å². The van der Waals surface area contributed by atoms with E-state index in [1.807, 2.05) is 23.1 Å². The zero-order valence-corrected chi connectivity index (χ0v) is 15.7. The van der Waals surface area contributed by atoms with Gasteiger partial charge in [-0.2, -0.15) is 0 Å². The van der Waals surface area contributed by atoms with Crippen molar-refractivity contribution < 1.29 is 14.7 Å². The number of benzene rings is 1. The molecule has 5 heteroatoms. The van der Waals surface area contributed by atoms with Gasteiger partial charge in [0.1, 0.15) is 0 Å². The Morgan fingerprint density at radius 1 is 1.00 bits per heavy atom. The summed E-state index contributed by atoms with van der Waals surface area (Å²) in [6.07, 6.45) is 7.23. The van der Waals surface area contributed by atoms with Gasteiger partial charge in [-0.15, -0.1) is 0 Å². The minimum atomic E-state index is -0.773. The molecule has 1 aromatic carbocycles. The second-order valence-electron chi connectivity index (χ2n) is 8.16. The normalized spacial score (nSPS) is 30.9. The maximum atomic E-state index is 13.0. The lowest BCUT2D eigenvalue weighted by molar-refractivity contribution is -0.153. The number of hydrogen-bond acceptors (Lipinski definition) is 3. The van der Waals surface area contributed by atoms with Gasteiger partial charge in [-0.1, -0.05) is 42.5 Å². The zero-order valence-electron chi connectivity index (χ0n) is 15.7. The van der Waals surface area contributed by atoms with Gasteiger partial charge < -0.3 is 10.0 Å². The molecule has 144 valence electrons. The van der Waals surface area contributed by atoms with Gasteiger partial charge in [0.25, 0.3) is 0 Å². The number of piperazine rings is 1. The molecule has 2 bridgehead atoms. The minimum absolute atomic E-state index is 0.0917. The average molecular weight is 368 g/mol. The molecule has 5 nitrogen and oxygen atoms in total. The molecule has 4 rings (SSSR count). The molecule has 1 heterocycles. The Kier molecular flexibility index (Phi) is 5.30. The van der Waals surface area contributed by atoms with Gasteiger partial charge in [0.05, 0.1) is 11.8 Å². The number of amides is 1. The van der Waals surface area contributed by atoms with Crippen LogP contribution in [0.5, 0.6) is 0 Å². The quantitative estimate of drug-likeness (QED) is 0.868. The summed E-state index contributed by atoms with van der Waals surface area (Å²) in [5.74, 6) is -0.922. The van der Waals surface area contributed by atoms with Crippen LogP contribution in [0.2, 0.25) is 0 Å². The van der Waals surface area contributed by atoms with Crippen molar-refractivity contribution in [2.24, 2.45) is 23.7 Å². The highest BCUT2D eigenvalue weighted by Gasteiger charge is 2.54. The molecule has 1 amide bonds. The fourth-order valence-electron chi connectivity index (χ4n) is 5.27. The van der Waals surface area contributed by atoms with Crippen LogP contribution in [-0.4, -0.2) is 59.5 Å². The molecule has 4 atom stereocenters. The monoisotopic (exact) mass is 368 g/mol. The summed E-state index contributed by atoms with van der Waals surface area (Å²) in [6.45, 7) is 3.99. The number of rotatable bonds is 5. The fourth-order valence-corrected chi connectivity index (χ4v) is 5.27. The zero-order chi connectivity index (χ0) is 18.8. The van der Waals surface area contributed by atoms with Crippen LogP contribution >= 0.6 is 0 Å². The predicted molar refractivity (Wildman–Crippen MR) is 104 cm³/mol. The average Bonchev–Trinajstić information content (AvgIpc) is 3.30. The standard InChI is InChI=1S/C22H28N2O3/c25-21(19-17-8-9-18(15-17)20(19)22(26)27)24-13-11-23(12-14-24)10-4-7-16-5-2-1-3-6-16/h1-7,17-20H,8-15H2,(H,26,27)/b7-4+/t17-,18-,19-,20+/m0/s1. The Morgan fingerprint density at radius 3 is 2.33 bits per heavy atom. The molecule has 0 radical (unpaired) electrons. The maximum absolute atomic E-state index is 13.0. The Morgan fingerprint density at radius 2 is 1.67 bits per heavy atom. The number of hydrogen-bond donors (Lipinski definition) is 1. The van der Waals surface area contributed by atoms with Gasteiger partial charge >= 0.3 is 5.97 Å². The number of carboxylic acid groups (broad SMARTS) is 1. The molecule has 27 heavy (non-hydrogen) atoms. The second kappa shape index (κ2) is 7.85. The molecule has 1 N–H and O–H groups in total. The van der Waals surface area contributed by atoms with Crippen LogP contribution < -0.4 is 0 Å². The van der Waals surface area contributed by atoms with Crippen LogP contribution in [0.15, 0.2) is 36.4 Å². The molecule has 3 aliphatic rings. The SMILES string of the molecule is O=C(O)[C@@H]1[C@H]2CC[C@@H](C2)[C@@H]1C(=O)N1CCN(C/C=C/c2ccccc2)CC1. The number of carbonyl (C=O) groups excluding carboxylic acids is 1. The smallest absolute Gasteiger partial charge is 0.307 e. The third kappa shape index (κ3) is 3.79. The Hall–Kier alpha value is -2.14. The summed E-state index contributed by atoms with van der Waals surface area (Å²) in [4.78, 5) is 29.0. The highest BCUT2D eigenvalue weighted by molar-refractivity contribution is 5.86. The van der Waals surface area contributed by atoms with Gasteiger partial charge in [-0.05, 0) is 36.7 Å². The molecular weight excluding hydrogens is 340 g/mol. The van der Waals surface area contributed by atoms with Crippen molar-refractivity contribution in [1.29, 1.82) is 0 Å². The van der Waals surface area contributed by atoms with E-state index in [4.69, 9.17) is 0 Å². The molecule has 1 aliphatic heterocycles. The van der Waals surface area contributed by atoms with Gasteiger partial charge in [-0.3, -0.25) is 14.5 Å². The molecule has 2 aliphatic carbocycles. The molecular formula is C22H28N2O3. The maximum Gasteiger partial charge on any atom is 0.307 e. The van der Waals surface area contributed by atoms with Crippen molar-refractivity contribution in [1.82, 2.24) is 9.80 Å². The van der Waals surface area contributed by atoms with Crippen molar-refractivity contribution in [3.05, 3.63) is 42.0 Å². The van der Waals surface area contributed by atoms with E-state index in [0.29, 0.717) is 13.1 Å². The summed E-state index contributed by atoms with van der Waals surface area (Å²) in [5, 5.41) is 9.60. The van der Waals surface area contributed by atoms with E-state index in [9.17, 15) is 14.7 Å². The van der Waals surface area contributed by atoms with Crippen LogP contribution in [0.3, 0.4) is 0 Å². The van der Waals surface area contributed by atoms with Crippen LogP contribution in [0.25, 0.3) is 6.08 Å². The number of fused-ring (bicyclic) bond motifs is 2. The summed E-state index contributed by atoms with van der Waals surface area (Å²) in [7, 11) is 0. The molecule has 0 unspecified atom stereocenters. The fraction of sp³-hybridized carbons (Fsp3) is 0.545. The van der Waals surface area contributed by atoms with Crippen molar-refractivity contribution >= 4 is 18.0 Å². The highest BCUT2D eigenvalue weighted by Crippen LogP contribution is 2.53. The summed E-state index contributed by atoms with van der Waals surface area (Å²) < 4.78 is 0. The van der Waals surface area contributed by atoms with Gasteiger partial charge in [-0.25, -0.2) is 0 Å². The molecule has 0 aromatic heterocycles. The van der Waals surface area contributed by atoms with Crippen LogP contribution in [-0.2, 0) is 9.59 Å². The minimum Gasteiger partial charge on any atom is -0.481 e. The second-order valence-corrected chi connectivity index (χ2v) is 8.16. The van der Waals surface area contributed by atoms with Gasteiger partial charge in [0.15, 0.2) is 0 Å². The number of carboxylic acids is 1. The topological polar surface area (TPSA) is 60.9 Å². The molecule has 3 fully saturated rings. The lowest BCUT2D eigenvalue weighted by Crippen LogP contribution is -2.52. The van der Waals surface area contributed by atoms with Crippen molar-refractivity contribution in [3.8, 4) is 0 Å². The first-order valence-electron chi connectivity index (χ1n) is 10.1. The van der Waals surface area contributed by atoms with E-state index in [0.717, 1.165) is 38.9 Å². The van der Waals surface area contributed by atoms with Crippen molar-refractivity contribution in [2.75, 3.05) is 32.7 Å². The van der Waals surface area contributed by atoms with Crippen molar-refractivity contribution in [3.63, 3.8) is 0 Å². The summed E-state index contributed by atoms with van der Waals surface area (Å²) >= 11 is 0. The Bertz CT molecular complexity index is 710. The van der Waals surface area contributed by atoms with Gasteiger partial charge in [0, 0.05) is 32.7 Å². The van der Waals surface area contributed by atoms with Crippen LogP contribution in [0, 0.1) is 23.7 Å². The summed E-state index contributed by atoms with van der Waals surface area (Å²) in [5.41, 5.74) is 1.20.